The standard InChI is InChI=1S/C21H20F3N5O2/c1-3-28-17-9-16(26-18(17)19(30)29(4-2)20(28)31)14-10-25-27(12-14)11-13-7-5-6-8-15(13)21(22,23)24/h5-10,12,26H,3-4,11H2,1-2H3. The molecular formula is C21H20F3N5O2. The summed E-state index contributed by atoms with van der Waals surface area (Å²) >= 11 is 0. The number of hydrogen-bond acceptors (Lipinski definition) is 3. The van der Waals surface area contributed by atoms with E-state index in [0.29, 0.717) is 28.8 Å². The lowest BCUT2D eigenvalue weighted by Gasteiger charge is -2.12. The van der Waals surface area contributed by atoms with Crippen LogP contribution in [-0.4, -0.2) is 23.9 Å². The molecule has 3 heterocycles. The highest BCUT2D eigenvalue weighted by Gasteiger charge is 2.32. The molecule has 0 radical (unpaired) electrons. The summed E-state index contributed by atoms with van der Waals surface area (Å²) in [5.41, 5.74) is 0.533. The normalized spacial score (nSPS) is 12.0. The number of nitrogens with one attached hydrogen (secondary N) is 1. The molecule has 1 N–H and O–H groups in total. The minimum absolute atomic E-state index is 0.0573. The topological polar surface area (TPSA) is 77.6 Å². The number of halogens is 3. The number of H-pyrrole nitrogens is 1. The van der Waals surface area contributed by atoms with Crippen molar-refractivity contribution in [3.05, 3.63) is 74.7 Å². The molecule has 0 saturated heterocycles. The number of aryl methyl sites for hydroxylation is 1. The number of aromatic amines is 1. The third-order valence-electron chi connectivity index (χ3n) is 5.24. The Labute approximate surface area is 174 Å². The average Bonchev–Trinajstić information content (AvgIpc) is 3.36. The lowest BCUT2D eigenvalue weighted by molar-refractivity contribution is -0.138. The second-order valence-electron chi connectivity index (χ2n) is 7.10. The van der Waals surface area contributed by atoms with Gasteiger partial charge in [-0.05, 0) is 31.5 Å². The summed E-state index contributed by atoms with van der Waals surface area (Å²) in [7, 11) is 0. The molecule has 0 aliphatic rings. The Kier molecular flexibility index (Phi) is 5.08. The first-order chi connectivity index (χ1) is 14.7. The summed E-state index contributed by atoms with van der Waals surface area (Å²) in [6.45, 7) is 4.12. The fraction of sp³-hybridized carbons (Fsp3) is 0.286. The summed E-state index contributed by atoms with van der Waals surface area (Å²) in [5, 5.41) is 4.17. The van der Waals surface area contributed by atoms with Crippen LogP contribution < -0.4 is 11.2 Å². The van der Waals surface area contributed by atoms with E-state index in [4.69, 9.17) is 0 Å². The summed E-state index contributed by atoms with van der Waals surface area (Å²) in [6, 6.07) is 7.05. The number of fused-ring (bicyclic) bond motifs is 1. The van der Waals surface area contributed by atoms with Gasteiger partial charge in [0.1, 0.15) is 5.52 Å². The van der Waals surface area contributed by atoms with Crippen LogP contribution in [0.5, 0.6) is 0 Å². The number of hydrogen-bond donors (Lipinski definition) is 1. The minimum Gasteiger partial charge on any atom is -0.349 e. The fourth-order valence-electron chi connectivity index (χ4n) is 3.73. The Morgan fingerprint density at radius 2 is 1.77 bits per heavy atom. The predicted octanol–water partition coefficient (Wildman–Crippen LogP) is 3.46. The predicted molar refractivity (Wildman–Crippen MR) is 110 cm³/mol. The molecule has 4 rings (SSSR count). The highest BCUT2D eigenvalue weighted by Crippen LogP contribution is 2.32. The van der Waals surface area contributed by atoms with Crippen LogP contribution >= 0.6 is 0 Å². The molecule has 0 bridgehead atoms. The second-order valence-corrected chi connectivity index (χ2v) is 7.10. The largest absolute Gasteiger partial charge is 0.416 e. The Morgan fingerprint density at radius 3 is 2.45 bits per heavy atom. The maximum atomic E-state index is 13.2. The Hall–Kier alpha value is -3.56. The molecule has 7 nitrogen and oxygen atoms in total. The van der Waals surface area contributed by atoms with Gasteiger partial charge in [-0.1, -0.05) is 18.2 Å². The van der Waals surface area contributed by atoms with Crippen LogP contribution in [0.25, 0.3) is 22.3 Å². The maximum Gasteiger partial charge on any atom is 0.416 e. The van der Waals surface area contributed by atoms with Gasteiger partial charge < -0.3 is 4.98 Å². The third-order valence-corrected chi connectivity index (χ3v) is 5.24. The molecule has 0 aliphatic heterocycles. The maximum absolute atomic E-state index is 13.2. The zero-order valence-corrected chi connectivity index (χ0v) is 16.9. The highest BCUT2D eigenvalue weighted by molar-refractivity contribution is 5.82. The smallest absolute Gasteiger partial charge is 0.349 e. The van der Waals surface area contributed by atoms with Crippen LogP contribution in [0.3, 0.4) is 0 Å². The molecule has 0 spiro atoms. The number of rotatable bonds is 5. The highest BCUT2D eigenvalue weighted by atomic mass is 19.4. The van der Waals surface area contributed by atoms with E-state index in [1.165, 1.54) is 27.6 Å². The van der Waals surface area contributed by atoms with Gasteiger partial charge in [-0.3, -0.25) is 18.6 Å². The van der Waals surface area contributed by atoms with E-state index < -0.39 is 17.3 Å². The van der Waals surface area contributed by atoms with E-state index >= 15 is 0 Å². The molecule has 4 aromatic rings. The van der Waals surface area contributed by atoms with Crippen molar-refractivity contribution in [3.8, 4) is 11.3 Å². The Bertz CT molecular complexity index is 1370. The lowest BCUT2D eigenvalue weighted by Crippen LogP contribution is -2.39. The molecule has 31 heavy (non-hydrogen) atoms. The van der Waals surface area contributed by atoms with Crippen molar-refractivity contribution in [2.75, 3.05) is 0 Å². The number of alkyl halides is 3. The van der Waals surface area contributed by atoms with E-state index in [-0.39, 0.29) is 24.3 Å². The molecule has 0 fully saturated rings. The van der Waals surface area contributed by atoms with Gasteiger partial charge in [-0.25, -0.2) is 4.79 Å². The molecule has 0 atom stereocenters. The Balaban J connectivity index is 1.75. The average molecular weight is 431 g/mol. The van der Waals surface area contributed by atoms with E-state index in [0.717, 1.165) is 10.6 Å². The minimum atomic E-state index is -4.45. The van der Waals surface area contributed by atoms with Crippen LogP contribution in [0.1, 0.15) is 25.0 Å². The van der Waals surface area contributed by atoms with Crippen molar-refractivity contribution in [2.24, 2.45) is 0 Å². The zero-order chi connectivity index (χ0) is 22.3. The molecule has 0 aliphatic carbocycles. The van der Waals surface area contributed by atoms with Gasteiger partial charge in [-0.2, -0.15) is 18.3 Å². The lowest BCUT2D eigenvalue weighted by atomic mass is 10.1. The fourth-order valence-corrected chi connectivity index (χ4v) is 3.73. The van der Waals surface area contributed by atoms with E-state index in [1.807, 2.05) is 6.92 Å². The first-order valence-electron chi connectivity index (χ1n) is 9.78. The molecule has 0 saturated carbocycles. The van der Waals surface area contributed by atoms with Crippen LogP contribution in [0.2, 0.25) is 0 Å². The molecule has 1 aromatic carbocycles. The van der Waals surface area contributed by atoms with Gasteiger partial charge in [0.2, 0.25) is 0 Å². The van der Waals surface area contributed by atoms with Crippen molar-refractivity contribution < 1.29 is 13.2 Å². The van der Waals surface area contributed by atoms with Crippen LogP contribution in [0.15, 0.2) is 52.3 Å². The summed E-state index contributed by atoms with van der Waals surface area (Å²) in [5.74, 6) is 0. The summed E-state index contributed by atoms with van der Waals surface area (Å²) in [6.07, 6.45) is -1.34. The van der Waals surface area contributed by atoms with Crippen molar-refractivity contribution in [3.63, 3.8) is 0 Å². The van der Waals surface area contributed by atoms with Gasteiger partial charge in [0.05, 0.1) is 29.5 Å². The quantitative estimate of drug-likeness (QED) is 0.526. The van der Waals surface area contributed by atoms with E-state index in [9.17, 15) is 22.8 Å². The van der Waals surface area contributed by atoms with Gasteiger partial charge in [0, 0.05) is 24.8 Å². The van der Waals surface area contributed by atoms with Gasteiger partial charge >= 0.3 is 11.9 Å². The van der Waals surface area contributed by atoms with Gasteiger partial charge in [0.15, 0.2) is 0 Å². The number of aromatic nitrogens is 5. The molecule has 162 valence electrons. The zero-order valence-electron chi connectivity index (χ0n) is 16.9. The first kappa shape index (κ1) is 20.7. The number of nitrogens with zero attached hydrogens (tertiary/aromatic N) is 4. The van der Waals surface area contributed by atoms with Crippen LogP contribution in [0.4, 0.5) is 13.2 Å². The Morgan fingerprint density at radius 1 is 1.06 bits per heavy atom. The molecule has 0 unspecified atom stereocenters. The summed E-state index contributed by atoms with van der Waals surface area (Å²) < 4.78 is 43.8. The van der Waals surface area contributed by atoms with E-state index in [2.05, 4.69) is 10.1 Å². The van der Waals surface area contributed by atoms with Crippen LogP contribution in [-0.2, 0) is 25.8 Å². The van der Waals surface area contributed by atoms with Gasteiger partial charge in [-0.15, -0.1) is 0 Å². The van der Waals surface area contributed by atoms with E-state index in [1.54, 1.807) is 25.3 Å². The van der Waals surface area contributed by atoms with Crippen molar-refractivity contribution in [1.82, 2.24) is 23.9 Å². The number of benzene rings is 1. The molecule has 10 heteroatoms. The van der Waals surface area contributed by atoms with Crippen molar-refractivity contribution in [1.29, 1.82) is 0 Å². The summed E-state index contributed by atoms with van der Waals surface area (Å²) in [4.78, 5) is 28.2. The molecular weight excluding hydrogens is 411 g/mol. The SMILES string of the molecule is CCn1c(=O)c2[nH]c(-c3cnn(Cc4ccccc4C(F)(F)F)c3)cc2n(CC)c1=O. The monoisotopic (exact) mass is 431 g/mol. The second kappa shape index (κ2) is 7.60. The van der Waals surface area contributed by atoms with Crippen molar-refractivity contribution >= 4 is 11.0 Å². The third kappa shape index (κ3) is 3.58. The van der Waals surface area contributed by atoms with Crippen molar-refractivity contribution in [2.45, 2.75) is 39.7 Å². The van der Waals surface area contributed by atoms with Gasteiger partial charge in [0.25, 0.3) is 5.56 Å². The van der Waals surface area contributed by atoms with Crippen LogP contribution in [0, 0.1) is 0 Å². The molecule has 0 amide bonds. The first-order valence-corrected chi connectivity index (χ1v) is 9.78. The molecule has 3 aromatic heterocycles.